The molecular weight excluding hydrogens is 429 g/mol. The molecule has 0 aliphatic heterocycles. The van der Waals surface area contributed by atoms with E-state index in [0.29, 0.717) is 0 Å². The number of nitrogens with zero attached hydrogens (tertiary/aromatic N) is 2. The van der Waals surface area contributed by atoms with Crippen LogP contribution in [0.15, 0.2) is 47.4 Å². The molecule has 158 valence electrons. The van der Waals surface area contributed by atoms with Crippen molar-refractivity contribution in [3.63, 3.8) is 0 Å². The summed E-state index contributed by atoms with van der Waals surface area (Å²) >= 11 is 5.93. The van der Waals surface area contributed by atoms with E-state index in [2.05, 4.69) is 14.5 Å². The van der Waals surface area contributed by atoms with Gasteiger partial charge in [-0.1, -0.05) is 23.7 Å². The minimum Gasteiger partial charge on any atom is -0.493 e. The fourth-order valence-electron chi connectivity index (χ4n) is 2.96. The molecule has 0 spiro atoms. The van der Waals surface area contributed by atoms with Crippen molar-refractivity contribution in [3.8, 4) is 11.6 Å². The maximum Gasteiger partial charge on any atom is 0.573 e. The van der Waals surface area contributed by atoms with Gasteiger partial charge in [0, 0.05) is 12.1 Å². The number of hydrogen-bond donors (Lipinski definition) is 1. The molecule has 0 aliphatic carbocycles. The standard InChI is InChI=1S/C19H14ClF3N2O5/c1-29-15(26)8-13(10-2-5-12(6-3-10)30-19(21,22)23)16-17(27)24-14-7-4-11(20)9-25(14)18(16)28/h2-7,9,13,27H,8H2,1H3/t13-/m0/s1. The third-order valence-electron chi connectivity index (χ3n) is 4.26. The number of esters is 1. The summed E-state index contributed by atoms with van der Waals surface area (Å²) in [4.78, 5) is 28.9. The lowest BCUT2D eigenvalue weighted by atomic mass is 9.89. The zero-order valence-corrected chi connectivity index (χ0v) is 16.1. The highest BCUT2D eigenvalue weighted by atomic mass is 35.5. The van der Waals surface area contributed by atoms with E-state index in [1.54, 1.807) is 0 Å². The molecule has 0 saturated heterocycles. The minimum atomic E-state index is -4.87. The van der Waals surface area contributed by atoms with E-state index in [1.165, 1.54) is 30.5 Å². The Hall–Kier alpha value is -3.27. The van der Waals surface area contributed by atoms with E-state index >= 15 is 0 Å². The first-order chi connectivity index (χ1) is 14.1. The van der Waals surface area contributed by atoms with Gasteiger partial charge in [0.15, 0.2) is 0 Å². The molecule has 1 atom stereocenters. The summed E-state index contributed by atoms with van der Waals surface area (Å²) in [6.07, 6.45) is -3.94. The number of aromatic nitrogens is 2. The van der Waals surface area contributed by atoms with Crippen LogP contribution in [0, 0.1) is 0 Å². The molecule has 2 aromatic heterocycles. The first kappa shape index (κ1) is 21.4. The van der Waals surface area contributed by atoms with Crippen LogP contribution in [0.3, 0.4) is 0 Å². The van der Waals surface area contributed by atoms with Gasteiger partial charge in [0.25, 0.3) is 5.56 Å². The predicted molar refractivity (Wildman–Crippen MR) is 99.7 cm³/mol. The summed E-state index contributed by atoms with van der Waals surface area (Å²) in [5.41, 5.74) is -0.531. The van der Waals surface area contributed by atoms with Gasteiger partial charge in [-0.25, -0.2) is 0 Å². The van der Waals surface area contributed by atoms with E-state index in [9.17, 15) is 27.9 Å². The maximum absolute atomic E-state index is 13.0. The second kappa shape index (κ2) is 8.23. The molecule has 0 unspecified atom stereocenters. The number of carbonyl (C=O) groups is 1. The van der Waals surface area contributed by atoms with Crippen LogP contribution in [0.1, 0.15) is 23.5 Å². The Morgan fingerprint density at radius 2 is 1.90 bits per heavy atom. The number of alkyl halides is 3. The molecule has 3 aromatic rings. The largest absolute Gasteiger partial charge is 0.573 e. The van der Waals surface area contributed by atoms with Gasteiger partial charge in [-0.2, -0.15) is 4.98 Å². The van der Waals surface area contributed by atoms with Crippen molar-refractivity contribution in [1.29, 1.82) is 0 Å². The van der Waals surface area contributed by atoms with Gasteiger partial charge in [-0.05, 0) is 29.8 Å². The van der Waals surface area contributed by atoms with E-state index in [0.717, 1.165) is 23.6 Å². The highest BCUT2D eigenvalue weighted by Crippen LogP contribution is 2.33. The fraction of sp³-hybridized carbons (Fsp3) is 0.211. The van der Waals surface area contributed by atoms with Crippen LogP contribution in [0.4, 0.5) is 13.2 Å². The van der Waals surface area contributed by atoms with Gasteiger partial charge >= 0.3 is 12.3 Å². The summed E-state index contributed by atoms with van der Waals surface area (Å²) in [7, 11) is 1.14. The number of halogens is 4. The molecule has 0 fully saturated rings. The lowest BCUT2D eigenvalue weighted by molar-refractivity contribution is -0.274. The molecule has 30 heavy (non-hydrogen) atoms. The average molecular weight is 443 g/mol. The van der Waals surface area contributed by atoms with Crippen molar-refractivity contribution in [3.05, 3.63) is 69.1 Å². The topological polar surface area (TPSA) is 90.1 Å². The highest BCUT2D eigenvalue weighted by molar-refractivity contribution is 6.30. The van der Waals surface area contributed by atoms with Crippen molar-refractivity contribution in [2.45, 2.75) is 18.7 Å². The van der Waals surface area contributed by atoms with E-state index in [-0.39, 0.29) is 28.2 Å². The molecule has 0 saturated carbocycles. The van der Waals surface area contributed by atoms with Crippen LogP contribution in [0.25, 0.3) is 5.65 Å². The number of fused-ring (bicyclic) bond motifs is 1. The number of rotatable bonds is 5. The molecule has 2 heterocycles. The van der Waals surface area contributed by atoms with Crippen molar-refractivity contribution >= 4 is 23.2 Å². The molecule has 7 nitrogen and oxygen atoms in total. The number of ether oxygens (including phenoxy) is 2. The first-order valence-electron chi connectivity index (χ1n) is 8.42. The van der Waals surface area contributed by atoms with Gasteiger partial charge in [-0.3, -0.25) is 14.0 Å². The number of pyridine rings is 1. The Labute approximate surface area is 172 Å². The summed E-state index contributed by atoms with van der Waals surface area (Å²) < 4.78 is 46.8. The van der Waals surface area contributed by atoms with Crippen LogP contribution < -0.4 is 10.3 Å². The SMILES string of the molecule is COC(=O)C[C@@H](c1ccc(OC(F)(F)F)cc1)c1c(O)nc2ccc(Cl)cn2c1=O. The van der Waals surface area contributed by atoms with Crippen molar-refractivity contribution in [1.82, 2.24) is 9.38 Å². The summed E-state index contributed by atoms with van der Waals surface area (Å²) in [5, 5.41) is 10.6. The molecule has 0 aliphatic rings. The zero-order valence-electron chi connectivity index (χ0n) is 15.3. The van der Waals surface area contributed by atoms with Crippen LogP contribution in [0.5, 0.6) is 11.6 Å². The van der Waals surface area contributed by atoms with Crippen LogP contribution in [-0.2, 0) is 9.53 Å². The first-order valence-corrected chi connectivity index (χ1v) is 8.80. The van der Waals surface area contributed by atoms with Gasteiger partial charge < -0.3 is 14.6 Å². The van der Waals surface area contributed by atoms with E-state index in [4.69, 9.17) is 11.6 Å². The number of aromatic hydroxyl groups is 1. The number of benzene rings is 1. The molecule has 1 aromatic carbocycles. The molecular formula is C19H14ClF3N2O5. The Bertz CT molecular complexity index is 1150. The maximum atomic E-state index is 13.0. The molecule has 11 heteroatoms. The van der Waals surface area contributed by atoms with E-state index < -0.39 is 35.4 Å². The van der Waals surface area contributed by atoms with Crippen molar-refractivity contribution in [2.75, 3.05) is 7.11 Å². The third kappa shape index (κ3) is 4.65. The lowest BCUT2D eigenvalue weighted by Crippen LogP contribution is -2.24. The zero-order chi connectivity index (χ0) is 22.1. The van der Waals surface area contributed by atoms with Gasteiger partial charge in [0.05, 0.1) is 24.1 Å². The quantitative estimate of drug-likeness (QED) is 0.607. The van der Waals surface area contributed by atoms with Crippen molar-refractivity contribution < 1.29 is 32.5 Å². The highest BCUT2D eigenvalue weighted by Gasteiger charge is 2.31. The normalized spacial score (nSPS) is 12.6. The predicted octanol–water partition coefficient (Wildman–Crippen LogP) is 3.65. The molecule has 1 N–H and O–H groups in total. The molecule has 0 radical (unpaired) electrons. The number of methoxy groups -OCH3 is 1. The molecule has 0 amide bonds. The Kier molecular flexibility index (Phi) is 5.88. The monoisotopic (exact) mass is 442 g/mol. The average Bonchev–Trinajstić information content (AvgIpc) is 2.67. The minimum absolute atomic E-state index is 0.122. The Balaban J connectivity index is 2.13. The van der Waals surface area contributed by atoms with Crippen molar-refractivity contribution in [2.24, 2.45) is 0 Å². The van der Waals surface area contributed by atoms with Crippen LogP contribution in [0.2, 0.25) is 5.02 Å². The molecule has 0 bridgehead atoms. The summed E-state index contributed by atoms with van der Waals surface area (Å²) in [5.74, 6) is -2.85. The summed E-state index contributed by atoms with van der Waals surface area (Å²) in [6.45, 7) is 0. The number of carbonyl (C=O) groups excluding carboxylic acids is 1. The Morgan fingerprint density at radius 3 is 2.50 bits per heavy atom. The van der Waals surface area contributed by atoms with Crippen LogP contribution in [-0.4, -0.2) is 33.9 Å². The smallest absolute Gasteiger partial charge is 0.493 e. The lowest BCUT2D eigenvalue weighted by Gasteiger charge is -2.18. The van der Waals surface area contributed by atoms with E-state index in [1.807, 2.05) is 0 Å². The fourth-order valence-corrected chi connectivity index (χ4v) is 3.12. The summed E-state index contributed by atoms with van der Waals surface area (Å²) in [6, 6.07) is 7.47. The van der Waals surface area contributed by atoms with Gasteiger partial charge in [0.2, 0.25) is 5.88 Å². The third-order valence-corrected chi connectivity index (χ3v) is 4.49. The second-order valence-corrected chi connectivity index (χ2v) is 6.62. The van der Waals surface area contributed by atoms with Crippen LogP contribution >= 0.6 is 11.6 Å². The molecule has 3 rings (SSSR count). The van der Waals surface area contributed by atoms with Gasteiger partial charge in [0.1, 0.15) is 11.4 Å². The van der Waals surface area contributed by atoms with Gasteiger partial charge in [-0.15, -0.1) is 13.2 Å². The number of hydrogen-bond acceptors (Lipinski definition) is 6. The Morgan fingerprint density at radius 1 is 1.23 bits per heavy atom. The second-order valence-electron chi connectivity index (χ2n) is 6.18.